The number of nitrogens with one attached hydrogen (secondary N) is 2. The zero-order valence-corrected chi connectivity index (χ0v) is 13.5. The summed E-state index contributed by atoms with van der Waals surface area (Å²) in [6, 6.07) is -0.730. The van der Waals surface area contributed by atoms with Gasteiger partial charge in [-0.15, -0.1) is 0 Å². The Balaban J connectivity index is 2.03. The standard InChI is InChI=1S/C12H14BrClFN3O3/c1-5-8(13)9(14)10(16-5)11(19)17-7-2-3-18(12(20)21)4-6(7)15/h6-7,16H,2-4H2,1H3,(H,17,19)(H,20,21)/t6-,7+/m0/s1. The molecule has 0 spiro atoms. The number of nitrogens with zero attached hydrogens (tertiary/aromatic N) is 1. The summed E-state index contributed by atoms with van der Waals surface area (Å²) < 4.78 is 14.5. The largest absolute Gasteiger partial charge is 0.465 e. The van der Waals surface area contributed by atoms with Gasteiger partial charge in [0.05, 0.1) is 22.1 Å². The van der Waals surface area contributed by atoms with Gasteiger partial charge in [-0.25, -0.2) is 9.18 Å². The van der Waals surface area contributed by atoms with Crippen LogP contribution in [-0.4, -0.2) is 52.3 Å². The number of carbonyl (C=O) groups is 2. The van der Waals surface area contributed by atoms with Crippen molar-refractivity contribution in [3.05, 3.63) is 20.9 Å². The third kappa shape index (κ3) is 3.32. The molecule has 1 saturated heterocycles. The lowest BCUT2D eigenvalue weighted by Crippen LogP contribution is -2.53. The minimum absolute atomic E-state index is 0.161. The van der Waals surface area contributed by atoms with Crippen LogP contribution in [0.4, 0.5) is 9.18 Å². The number of likely N-dealkylation sites (tertiary alicyclic amines) is 1. The molecule has 9 heteroatoms. The highest BCUT2D eigenvalue weighted by Gasteiger charge is 2.33. The predicted octanol–water partition coefficient (Wildman–Crippen LogP) is 2.56. The molecule has 0 radical (unpaired) electrons. The molecule has 1 aromatic heterocycles. The summed E-state index contributed by atoms with van der Waals surface area (Å²) in [6.45, 7) is 1.68. The SMILES string of the molecule is Cc1[nH]c(C(=O)N[C@@H]2CCN(C(=O)O)C[C@@H]2F)c(Cl)c1Br. The number of piperidine rings is 1. The molecule has 6 nitrogen and oxygen atoms in total. The summed E-state index contributed by atoms with van der Waals surface area (Å²) in [6.07, 6.45) is -2.39. The fourth-order valence-corrected chi connectivity index (χ4v) is 2.78. The second-order valence-electron chi connectivity index (χ2n) is 4.87. The van der Waals surface area contributed by atoms with Gasteiger partial charge >= 0.3 is 6.09 Å². The van der Waals surface area contributed by atoms with Crippen molar-refractivity contribution in [2.75, 3.05) is 13.1 Å². The third-order valence-electron chi connectivity index (χ3n) is 3.41. The maximum absolute atomic E-state index is 13.9. The number of alkyl halides is 1. The van der Waals surface area contributed by atoms with E-state index in [4.69, 9.17) is 16.7 Å². The fraction of sp³-hybridized carbons (Fsp3) is 0.500. The highest BCUT2D eigenvalue weighted by Crippen LogP contribution is 2.29. The minimum Gasteiger partial charge on any atom is -0.465 e. The second-order valence-corrected chi connectivity index (χ2v) is 6.04. The van der Waals surface area contributed by atoms with Crippen LogP contribution in [0, 0.1) is 6.92 Å². The molecule has 2 amide bonds. The van der Waals surface area contributed by atoms with Crippen LogP contribution in [0.2, 0.25) is 5.02 Å². The second kappa shape index (κ2) is 6.23. The summed E-state index contributed by atoms with van der Waals surface area (Å²) >= 11 is 9.25. The van der Waals surface area contributed by atoms with Gasteiger partial charge in [0.15, 0.2) is 0 Å². The van der Waals surface area contributed by atoms with Crippen LogP contribution in [-0.2, 0) is 0 Å². The topological polar surface area (TPSA) is 85.4 Å². The first kappa shape index (κ1) is 16.1. The number of amides is 2. The number of hydrogen-bond acceptors (Lipinski definition) is 2. The molecule has 0 aromatic carbocycles. The average Bonchev–Trinajstić information content (AvgIpc) is 2.68. The number of carboxylic acid groups (broad SMARTS) is 1. The molecular weight excluding hydrogens is 369 g/mol. The van der Waals surface area contributed by atoms with Crippen molar-refractivity contribution in [3.8, 4) is 0 Å². The van der Waals surface area contributed by atoms with Crippen molar-refractivity contribution in [3.63, 3.8) is 0 Å². The van der Waals surface area contributed by atoms with Crippen LogP contribution < -0.4 is 5.32 Å². The zero-order chi connectivity index (χ0) is 15.7. The van der Waals surface area contributed by atoms with Gasteiger partial charge in [-0.2, -0.15) is 0 Å². The Morgan fingerprint density at radius 2 is 2.24 bits per heavy atom. The first-order chi connectivity index (χ1) is 9.81. The molecule has 1 aliphatic rings. The van der Waals surface area contributed by atoms with Crippen molar-refractivity contribution in [1.29, 1.82) is 0 Å². The maximum atomic E-state index is 13.9. The van der Waals surface area contributed by atoms with Crippen LogP contribution in [0.25, 0.3) is 0 Å². The van der Waals surface area contributed by atoms with E-state index in [9.17, 15) is 14.0 Å². The molecule has 2 atom stereocenters. The van der Waals surface area contributed by atoms with Gasteiger partial charge in [0.1, 0.15) is 11.9 Å². The van der Waals surface area contributed by atoms with E-state index in [2.05, 4.69) is 26.2 Å². The number of aromatic amines is 1. The molecular formula is C12H14BrClFN3O3. The van der Waals surface area contributed by atoms with Crippen molar-refractivity contribution in [2.45, 2.75) is 25.6 Å². The van der Waals surface area contributed by atoms with E-state index in [0.717, 1.165) is 4.90 Å². The highest BCUT2D eigenvalue weighted by atomic mass is 79.9. The number of aryl methyl sites for hydroxylation is 1. The lowest BCUT2D eigenvalue weighted by molar-refractivity contribution is 0.0750. The Hall–Kier alpha value is -1.28. The molecule has 3 N–H and O–H groups in total. The maximum Gasteiger partial charge on any atom is 0.407 e. The number of rotatable bonds is 2. The van der Waals surface area contributed by atoms with E-state index in [1.165, 1.54) is 0 Å². The minimum atomic E-state index is -1.45. The number of hydrogen-bond donors (Lipinski definition) is 3. The molecule has 0 saturated carbocycles. The Morgan fingerprint density at radius 1 is 1.57 bits per heavy atom. The summed E-state index contributed by atoms with van der Waals surface area (Å²) in [7, 11) is 0. The average molecular weight is 383 g/mol. The van der Waals surface area contributed by atoms with E-state index >= 15 is 0 Å². The molecule has 0 unspecified atom stereocenters. The van der Waals surface area contributed by atoms with E-state index < -0.39 is 24.2 Å². The van der Waals surface area contributed by atoms with Crippen LogP contribution in [0.3, 0.4) is 0 Å². The van der Waals surface area contributed by atoms with Gasteiger partial charge < -0.3 is 20.3 Å². The van der Waals surface area contributed by atoms with Crippen molar-refractivity contribution >= 4 is 39.5 Å². The monoisotopic (exact) mass is 381 g/mol. The van der Waals surface area contributed by atoms with Crippen molar-refractivity contribution in [1.82, 2.24) is 15.2 Å². The van der Waals surface area contributed by atoms with Gasteiger partial charge in [0.2, 0.25) is 0 Å². The Morgan fingerprint density at radius 3 is 2.71 bits per heavy atom. The molecule has 0 bridgehead atoms. The van der Waals surface area contributed by atoms with Crippen molar-refractivity contribution in [2.24, 2.45) is 0 Å². The van der Waals surface area contributed by atoms with Gasteiger partial charge in [-0.05, 0) is 29.3 Å². The van der Waals surface area contributed by atoms with Crippen LogP contribution >= 0.6 is 27.5 Å². The number of halogens is 3. The molecule has 0 aliphatic carbocycles. The van der Waals surface area contributed by atoms with E-state index in [0.29, 0.717) is 10.2 Å². The fourth-order valence-electron chi connectivity index (χ4n) is 2.21. The summed E-state index contributed by atoms with van der Waals surface area (Å²) in [5.74, 6) is -0.509. The first-order valence-corrected chi connectivity index (χ1v) is 7.44. The number of carbonyl (C=O) groups excluding carboxylic acids is 1. The van der Waals surface area contributed by atoms with Gasteiger partial charge in [0, 0.05) is 12.2 Å². The third-order valence-corrected chi connectivity index (χ3v) is 5.01. The summed E-state index contributed by atoms with van der Waals surface area (Å²) in [4.78, 5) is 26.7. The van der Waals surface area contributed by atoms with E-state index in [-0.39, 0.29) is 30.2 Å². The summed E-state index contributed by atoms with van der Waals surface area (Å²) in [5.41, 5.74) is 0.858. The molecule has 1 fully saturated rings. The Bertz CT molecular complexity index is 580. The van der Waals surface area contributed by atoms with Gasteiger partial charge in [0.25, 0.3) is 5.91 Å². The quantitative estimate of drug-likeness (QED) is 0.735. The van der Waals surface area contributed by atoms with Crippen molar-refractivity contribution < 1.29 is 19.1 Å². The molecule has 21 heavy (non-hydrogen) atoms. The normalized spacial score (nSPS) is 22.2. The predicted molar refractivity (Wildman–Crippen MR) is 78.6 cm³/mol. The number of aromatic nitrogens is 1. The lowest BCUT2D eigenvalue weighted by Gasteiger charge is -2.33. The number of H-pyrrole nitrogens is 1. The van der Waals surface area contributed by atoms with Gasteiger partial charge in [-0.3, -0.25) is 4.79 Å². The Kier molecular flexibility index (Phi) is 4.77. The molecule has 1 aromatic rings. The molecule has 2 heterocycles. The van der Waals surface area contributed by atoms with Crippen LogP contribution in [0.15, 0.2) is 4.47 Å². The lowest BCUT2D eigenvalue weighted by atomic mass is 10.0. The van der Waals surface area contributed by atoms with Crippen LogP contribution in [0.1, 0.15) is 22.6 Å². The molecule has 116 valence electrons. The Labute approximate surface area is 133 Å². The van der Waals surface area contributed by atoms with Gasteiger partial charge in [-0.1, -0.05) is 11.6 Å². The molecule has 2 rings (SSSR count). The smallest absolute Gasteiger partial charge is 0.407 e. The van der Waals surface area contributed by atoms with E-state index in [1.807, 2.05) is 0 Å². The highest BCUT2D eigenvalue weighted by molar-refractivity contribution is 9.10. The van der Waals surface area contributed by atoms with E-state index in [1.54, 1.807) is 6.92 Å². The zero-order valence-electron chi connectivity index (χ0n) is 11.1. The summed E-state index contributed by atoms with van der Waals surface area (Å²) in [5, 5.41) is 11.6. The first-order valence-electron chi connectivity index (χ1n) is 6.27. The molecule has 1 aliphatic heterocycles. The van der Waals surface area contributed by atoms with Crippen LogP contribution in [0.5, 0.6) is 0 Å².